The van der Waals surface area contributed by atoms with E-state index < -0.39 is 0 Å². The Morgan fingerprint density at radius 3 is 2.32 bits per heavy atom. The summed E-state index contributed by atoms with van der Waals surface area (Å²) >= 11 is 6.23. The van der Waals surface area contributed by atoms with E-state index in [1.165, 1.54) is 0 Å². The van der Waals surface area contributed by atoms with Gasteiger partial charge in [0.2, 0.25) is 0 Å². The normalized spacial score (nSPS) is 11.6. The fourth-order valence-corrected chi connectivity index (χ4v) is 2.74. The fourth-order valence-electron chi connectivity index (χ4n) is 2.51. The predicted molar refractivity (Wildman–Crippen MR) is 82.9 cm³/mol. The first kappa shape index (κ1) is 16.3. The molecule has 1 aromatic rings. The van der Waals surface area contributed by atoms with E-state index in [1.807, 2.05) is 18.2 Å². The van der Waals surface area contributed by atoms with Crippen molar-refractivity contribution in [2.75, 3.05) is 13.7 Å². The van der Waals surface area contributed by atoms with Gasteiger partial charge in [0.15, 0.2) is 0 Å². The van der Waals surface area contributed by atoms with E-state index in [2.05, 4.69) is 33.0 Å². The summed E-state index contributed by atoms with van der Waals surface area (Å²) in [6, 6.07) is 5.77. The van der Waals surface area contributed by atoms with Gasteiger partial charge in [0, 0.05) is 17.1 Å². The highest BCUT2D eigenvalue weighted by Crippen LogP contribution is 2.26. The molecule has 108 valence electrons. The number of methoxy groups -OCH3 is 1. The van der Waals surface area contributed by atoms with Crippen molar-refractivity contribution in [3.05, 3.63) is 28.8 Å². The zero-order valence-electron chi connectivity index (χ0n) is 12.7. The van der Waals surface area contributed by atoms with Crippen LogP contribution in [0, 0.1) is 17.8 Å². The molecule has 3 heteroatoms. The van der Waals surface area contributed by atoms with Crippen LogP contribution in [0.25, 0.3) is 0 Å². The average Bonchev–Trinajstić information content (AvgIpc) is 2.34. The standard InChI is InChI=1S/C16H26ClNO/c1-11(2)13(12(3)4)9-18-10-14-15(17)7-6-8-16(14)19-5/h6-8,11-13,18H,9-10H2,1-5H3. The van der Waals surface area contributed by atoms with Crippen LogP contribution < -0.4 is 10.1 Å². The molecule has 0 bridgehead atoms. The number of benzene rings is 1. The molecule has 0 fully saturated rings. The Hall–Kier alpha value is -0.730. The Kier molecular flexibility index (Phi) is 6.67. The van der Waals surface area contributed by atoms with Gasteiger partial charge in [-0.15, -0.1) is 0 Å². The molecule has 0 aliphatic rings. The molecule has 1 aromatic carbocycles. The minimum atomic E-state index is 0.675. The molecular weight excluding hydrogens is 258 g/mol. The van der Waals surface area contributed by atoms with Gasteiger partial charge in [-0.1, -0.05) is 45.4 Å². The summed E-state index contributed by atoms with van der Waals surface area (Å²) in [5.74, 6) is 2.89. The molecule has 1 rings (SSSR count). The monoisotopic (exact) mass is 283 g/mol. The highest BCUT2D eigenvalue weighted by atomic mass is 35.5. The smallest absolute Gasteiger partial charge is 0.124 e. The number of hydrogen-bond acceptors (Lipinski definition) is 2. The van der Waals surface area contributed by atoms with Crippen LogP contribution in [-0.2, 0) is 6.54 Å². The lowest BCUT2D eigenvalue weighted by atomic mass is 9.85. The minimum absolute atomic E-state index is 0.675. The van der Waals surface area contributed by atoms with E-state index in [0.29, 0.717) is 17.8 Å². The first-order valence-electron chi connectivity index (χ1n) is 6.99. The molecule has 2 nitrogen and oxygen atoms in total. The summed E-state index contributed by atoms with van der Waals surface area (Å²) in [7, 11) is 1.68. The van der Waals surface area contributed by atoms with Crippen molar-refractivity contribution in [3.63, 3.8) is 0 Å². The molecule has 0 saturated carbocycles. The van der Waals surface area contributed by atoms with E-state index in [9.17, 15) is 0 Å². The van der Waals surface area contributed by atoms with Crippen molar-refractivity contribution < 1.29 is 4.74 Å². The Labute approximate surface area is 122 Å². The predicted octanol–water partition coefficient (Wildman–Crippen LogP) is 4.37. The average molecular weight is 284 g/mol. The lowest BCUT2D eigenvalue weighted by molar-refractivity contribution is 0.275. The van der Waals surface area contributed by atoms with Crippen molar-refractivity contribution in [2.45, 2.75) is 34.2 Å². The first-order chi connectivity index (χ1) is 8.97. The molecule has 0 aliphatic heterocycles. The number of halogens is 1. The summed E-state index contributed by atoms with van der Waals surface area (Å²) in [4.78, 5) is 0. The van der Waals surface area contributed by atoms with Crippen LogP contribution in [0.1, 0.15) is 33.3 Å². The van der Waals surface area contributed by atoms with Gasteiger partial charge >= 0.3 is 0 Å². The summed E-state index contributed by atoms with van der Waals surface area (Å²) < 4.78 is 5.35. The van der Waals surface area contributed by atoms with Gasteiger partial charge in [-0.2, -0.15) is 0 Å². The van der Waals surface area contributed by atoms with Crippen molar-refractivity contribution in [1.29, 1.82) is 0 Å². The Morgan fingerprint density at radius 1 is 1.16 bits per heavy atom. The van der Waals surface area contributed by atoms with Gasteiger partial charge < -0.3 is 10.1 Å². The molecule has 0 amide bonds. The van der Waals surface area contributed by atoms with Crippen LogP contribution in [0.3, 0.4) is 0 Å². The molecule has 0 radical (unpaired) electrons. The third-order valence-corrected chi connectivity index (χ3v) is 4.04. The molecule has 0 aliphatic carbocycles. The Morgan fingerprint density at radius 2 is 1.79 bits per heavy atom. The molecular formula is C16H26ClNO. The summed E-state index contributed by atoms with van der Waals surface area (Å²) in [5.41, 5.74) is 1.04. The van der Waals surface area contributed by atoms with Gasteiger partial charge in [-0.25, -0.2) is 0 Å². The van der Waals surface area contributed by atoms with Crippen LogP contribution >= 0.6 is 11.6 Å². The topological polar surface area (TPSA) is 21.3 Å². The van der Waals surface area contributed by atoms with Crippen LogP contribution in [0.2, 0.25) is 5.02 Å². The van der Waals surface area contributed by atoms with Crippen molar-refractivity contribution in [3.8, 4) is 5.75 Å². The fraction of sp³-hybridized carbons (Fsp3) is 0.625. The van der Waals surface area contributed by atoms with E-state index in [1.54, 1.807) is 7.11 Å². The Balaban J connectivity index is 2.62. The zero-order valence-corrected chi connectivity index (χ0v) is 13.4. The van der Waals surface area contributed by atoms with E-state index in [0.717, 1.165) is 29.4 Å². The molecule has 0 atom stereocenters. The molecule has 0 heterocycles. The number of rotatable bonds is 7. The van der Waals surface area contributed by atoms with Gasteiger partial charge in [0.25, 0.3) is 0 Å². The number of hydrogen-bond donors (Lipinski definition) is 1. The Bertz CT molecular complexity index is 382. The van der Waals surface area contributed by atoms with Crippen molar-refractivity contribution in [1.82, 2.24) is 5.32 Å². The summed E-state index contributed by atoms with van der Waals surface area (Å²) in [6.07, 6.45) is 0. The van der Waals surface area contributed by atoms with Crippen LogP contribution in [0.15, 0.2) is 18.2 Å². The maximum absolute atomic E-state index is 6.23. The van der Waals surface area contributed by atoms with Crippen molar-refractivity contribution in [2.24, 2.45) is 17.8 Å². The highest BCUT2D eigenvalue weighted by Gasteiger charge is 2.17. The van der Waals surface area contributed by atoms with Crippen molar-refractivity contribution >= 4 is 11.6 Å². The zero-order chi connectivity index (χ0) is 14.4. The van der Waals surface area contributed by atoms with Crippen LogP contribution in [0.4, 0.5) is 0 Å². The SMILES string of the molecule is COc1cccc(Cl)c1CNCC(C(C)C)C(C)C. The summed E-state index contributed by atoms with van der Waals surface area (Å²) in [5, 5.41) is 4.28. The molecule has 0 unspecified atom stereocenters. The van der Waals surface area contributed by atoms with Gasteiger partial charge in [-0.3, -0.25) is 0 Å². The minimum Gasteiger partial charge on any atom is -0.496 e. The molecule has 1 N–H and O–H groups in total. The van der Waals surface area contributed by atoms with Gasteiger partial charge in [-0.05, 0) is 36.4 Å². The van der Waals surface area contributed by atoms with Gasteiger partial charge in [0.05, 0.1) is 7.11 Å². The van der Waals surface area contributed by atoms with E-state index >= 15 is 0 Å². The number of nitrogens with one attached hydrogen (secondary N) is 1. The van der Waals surface area contributed by atoms with E-state index in [-0.39, 0.29) is 0 Å². The third kappa shape index (κ3) is 4.70. The second-order valence-electron chi connectivity index (χ2n) is 5.70. The summed E-state index contributed by atoms with van der Waals surface area (Å²) in [6.45, 7) is 10.9. The third-order valence-electron chi connectivity index (χ3n) is 3.69. The maximum atomic E-state index is 6.23. The maximum Gasteiger partial charge on any atom is 0.124 e. The largest absolute Gasteiger partial charge is 0.496 e. The second-order valence-corrected chi connectivity index (χ2v) is 6.11. The number of ether oxygens (including phenoxy) is 1. The lowest BCUT2D eigenvalue weighted by Crippen LogP contribution is -2.29. The highest BCUT2D eigenvalue weighted by molar-refractivity contribution is 6.31. The second kappa shape index (κ2) is 7.76. The van der Waals surface area contributed by atoms with Crippen LogP contribution in [0.5, 0.6) is 5.75 Å². The van der Waals surface area contributed by atoms with E-state index in [4.69, 9.17) is 16.3 Å². The van der Waals surface area contributed by atoms with Crippen LogP contribution in [-0.4, -0.2) is 13.7 Å². The lowest BCUT2D eigenvalue weighted by Gasteiger charge is -2.25. The molecule has 0 spiro atoms. The molecule has 19 heavy (non-hydrogen) atoms. The van der Waals surface area contributed by atoms with Gasteiger partial charge in [0.1, 0.15) is 5.75 Å². The quantitative estimate of drug-likeness (QED) is 0.802. The molecule has 0 aromatic heterocycles. The first-order valence-corrected chi connectivity index (χ1v) is 7.37. The molecule has 0 saturated heterocycles.